The maximum absolute atomic E-state index is 12.9. The molecule has 0 fully saturated rings. The molecule has 0 bridgehead atoms. The molecule has 1 amide bonds. The van der Waals surface area contributed by atoms with E-state index in [2.05, 4.69) is 4.98 Å². The summed E-state index contributed by atoms with van der Waals surface area (Å²) in [5.74, 6) is 0.881. The summed E-state index contributed by atoms with van der Waals surface area (Å²) in [7, 11) is 0. The molecule has 120 valence electrons. The third kappa shape index (κ3) is 1.72. The molecule has 0 aliphatic carbocycles. The Morgan fingerprint density at radius 1 is 1.25 bits per heavy atom. The van der Waals surface area contributed by atoms with E-state index >= 15 is 0 Å². The quantitative estimate of drug-likeness (QED) is 0.668. The van der Waals surface area contributed by atoms with E-state index in [-0.39, 0.29) is 11.7 Å². The maximum atomic E-state index is 12.9. The highest BCUT2D eigenvalue weighted by atomic mass is 16.5. The van der Waals surface area contributed by atoms with Gasteiger partial charge >= 0.3 is 0 Å². The average molecular weight is 320 g/mol. The Hall–Kier alpha value is -2.95. The van der Waals surface area contributed by atoms with E-state index in [1.807, 2.05) is 31.2 Å². The van der Waals surface area contributed by atoms with Crippen LogP contribution in [0.2, 0.25) is 0 Å². The Morgan fingerprint density at radius 3 is 3.00 bits per heavy atom. The number of hydrogen-bond donors (Lipinski definition) is 2. The van der Waals surface area contributed by atoms with Crippen LogP contribution in [0.1, 0.15) is 33.4 Å². The van der Waals surface area contributed by atoms with Gasteiger partial charge in [0.2, 0.25) is 6.23 Å². The number of fused-ring (bicyclic) bond motifs is 6. The predicted molar refractivity (Wildman–Crippen MR) is 89.3 cm³/mol. The second-order valence-electron chi connectivity index (χ2n) is 6.47. The second-order valence-corrected chi connectivity index (χ2v) is 6.47. The maximum Gasteiger partial charge on any atom is 0.260 e. The monoisotopic (exact) mass is 320 g/mol. The van der Waals surface area contributed by atoms with Gasteiger partial charge in [-0.1, -0.05) is 11.6 Å². The number of aryl methyl sites for hydroxylation is 1. The summed E-state index contributed by atoms with van der Waals surface area (Å²) in [4.78, 5) is 18.0. The Bertz CT molecular complexity index is 1010. The zero-order valence-corrected chi connectivity index (χ0v) is 13.2. The molecule has 1 atom stereocenters. The minimum absolute atomic E-state index is 0.0112. The van der Waals surface area contributed by atoms with Crippen molar-refractivity contribution in [3.8, 4) is 11.5 Å². The number of nitrogens with zero attached hydrogens (tertiary/aromatic N) is 1. The Morgan fingerprint density at radius 2 is 2.12 bits per heavy atom. The number of H-pyrrole nitrogens is 1. The Balaban J connectivity index is 1.68. The number of carbonyl (C=O) groups excluding carboxylic acids is 1. The SMILES string of the molecule is Cc1ccc2c(c1)C(=O)N1CCc3c([nH]c4ccc(O)cc34)C1O2. The highest BCUT2D eigenvalue weighted by molar-refractivity contribution is 5.99. The number of nitrogens with one attached hydrogen (secondary N) is 1. The number of amides is 1. The van der Waals surface area contributed by atoms with Gasteiger partial charge in [-0.3, -0.25) is 9.69 Å². The number of carbonyl (C=O) groups is 1. The molecule has 24 heavy (non-hydrogen) atoms. The molecule has 2 aliphatic heterocycles. The molecular formula is C19H16N2O3. The van der Waals surface area contributed by atoms with E-state index < -0.39 is 6.23 Å². The van der Waals surface area contributed by atoms with Crippen LogP contribution in [0, 0.1) is 6.92 Å². The normalized spacial score (nSPS) is 18.8. The zero-order valence-electron chi connectivity index (χ0n) is 13.2. The van der Waals surface area contributed by atoms with Crippen molar-refractivity contribution in [3.63, 3.8) is 0 Å². The highest BCUT2D eigenvalue weighted by Crippen LogP contribution is 2.41. The van der Waals surface area contributed by atoms with Crippen molar-refractivity contribution in [2.75, 3.05) is 6.54 Å². The minimum Gasteiger partial charge on any atom is -0.508 e. The van der Waals surface area contributed by atoms with E-state index in [1.54, 1.807) is 17.0 Å². The van der Waals surface area contributed by atoms with Crippen molar-refractivity contribution in [1.82, 2.24) is 9.88 Å². The van der Waals surface area contributed by atoms with Gasteiger partial charge in [-0.2, -0.15) is 0 Å². The first kappa shape index (κ1) is 13.5. The van der Waals surface area contributed by atoms with Crippen LogP contribution < -0.4 is 4.74 Å². The molecule has 3 heterocycles. The first-order chi connectivity index (χ1) is 11.6. The van der Waals surface area contributed by atoms with Crippen molar-refractivity contribution in [2.24, 2.45) is 0 Å². The first-order valence-corrected chi connectivity index (χ1v) is 8.03. The van der Waals surface area contributed by atoms with Crippen molar-refractivity contribution >= 4 is 16.8 Å². The van der Waals surface area contributed by atoms with Crippen LogP contribution in [-0.2, 0) is 6.42 Å². The lowest BCUT2D eigenvalue weighted by Crippen LogP contribution is -2.45. The molecule has 3 aromatic rings. The van der Waals surface area contributed by atoms with Crippen molar-refractivity contribution < 1.29 is 14.6 Å². The van der Waals surface area contributed by atoms with Crippen LogP contribution in [-0.4, -0.2) is 27.4 Å². The smallest absolute Gasteiger partial charge is 0.260 e. The molecule has 0 spiro atoms. The minimum atomic E-state index is -0.439. The van der Waals surface area contributed by atoms with Crippen molar-refractivity contribution in [1.29, 1.82) is 0 Å². The fourth-order valence-electron chi connectivity index (χ4n) is 3.76. The van der Waals surface area contributed by atoms with Crippen LogP contribution in [0.4, 0.5) is 0 Å². The summed E-state index contributed by atoms with van der Waals surface area (Å²) in [6, 6.07) is 11.0. The number of rotatable bonds is 0. The number of hydrogen-bond acceptors (Lipinski definition) is 3. The van der Waals surface area contributed by atoms with E-state index in [4.69, 9.17) is 4.74 Å². The van der Waals surface area contributed by atoms with Crippen molar-refractivity contribution in [2.45, 2.75) is 19.6 Å². The summed E-state index contributed by atoms with van der Waals surface area (Å²) >= 11 is 0. The lowest BCUT2D eigenvalue weighted by molar-refractivity contribution is 0.00200. The van der Waals surface area contributed by atoms with E-state index in [9.17, 15) is 9.90 Å². The van der Waals surface area contributed by atoms with Crippen LogP contribution in [0.3, 0.4) is 0 Å². The molecular weight excluding hydrogens is 304 g/mol. The topological polar surface area (TPSA) is 65.6 Å². The van der Waals surface area contributed by atoms with Gasteiger partial charge in [0.1, 0.15) is 11.5 Å². The van der Waals surface area contributed by atoms with Gasteiger partial charge in [0.15, 0.2) is 0 Å². The Labute approximate surface area is 138 Å². The highest BCUT2D eigenvalue weighted by Gasteiger charge is 2.40. The van der Waals surface area contributed by atoms with Gasteiger partial charge in [-0.25, -0.2) is 0 Å². The summed E-state index contributed by atoms with van der Waals surface area (Å²) < 4.78 is 6.16. The largest absolute Gasteiger partial charge is 0.508 e. The fourth-order valence-corrected chi connectivity index (χ4v) is 3.76. The number of aromatic amines is 1. The number of aromatic hydroxyl groups is 1. The fraction of sp³-hybridized carbons (Fsp3) is 0.211. The Kier molecular flexibility index (Phi) is 2.55. The number of aromatic nitrogens is 1. The molecule has 5 rings (SSSR count). The molecule has 2 aliphatic rings. The average Bonchev–Trinajstić information content (AvgIpc) is 2.94. The lowest BCUT2D eigenvalue weighted by Gasteiger charge is -2.39. The van der Waals surface area contributed by atoms with Gasteiger partial charge < -0.3 is 14.8 Å². The van der Waals surface area contributed by atoms with E-state index in [1.165, 1.54) is 0 Å². The molecule has 0 saturated carbocycles. The van der Waals surface area contributed by atoms with Gasteiger partial charge in [0.25, 0.3) is 5.91 Å². The molecule has 0 saturated heterocycles. The van der Waals surface area contributed by atoms with Crippen LogP contribution in [0.25, 0.3) is 10.9 Å². The van der Waals surface area contributed by atoms with Gasteiger partial charge in [0.05, 0.1) is 11.3 Å². The lowest BCUT2D eigenvalue weighted by atomic mass is 9.99. The molecule has 2 N–H and O–H groups in total. The van der Waals surface area contributed by atoms with Crippen LogP contribution in [0.15, 0.2) is 36.4 Å². The zero-order chi connectivity index (χ0) is 16.4. The molecule has 0 radical (unpaired) electrons. The molecule has 1 unspecified atom stereocenters. The molecule has 5 nitrogen and oxygen atoms in total. The van der Waals surface area contributed by atoms with E-state index in [0.717, 1.165) is 34.1 Å². The van der Waals surface area contributed by atoms with Gasteiger partial charge in [-0.05, 0) is 49.2 Å². The van der Waals surface area contributed by atoms with Gasteiger partial charge in [0, 0.05) is 17.4 Å². The summed E-state index contributed by atoms with van der Waals surface area (Å²) in [5, 5.41) is 10.8. The first-order valence-electron chi connectivity index (χ1n) is 8.03. The third-order valence-electron chi connectivity index (χ3n) is 4.92. The van der Waals surface area contributed by atoms with E-state index in [0.29, 0.717) is 17.9 Å². The molecule has 5 heteroatoms. The standard InChI is InChI=1S/C19H16N2O3/c1-10-2-5-16-14(8-10)18(23)21-7-6-12-13-9-11(22)3-4-15(13)20-17(12)19(21)24-16/h2-5,8-9,19-20,22H,6-7H2,1H3. The number of ether oxygens (including phenoxy) is 1. The third-order valence-corrected chi connectivity index (χ3v) is 4.92. The van der Waals surface area contributed by atoms with Crippen molar-refractivity contribution in [3.05, 3.63) is 58.8 Å². The number of phenols is 1. The predicted octanol–water partition coefficient (Wildman–Crippen LogP) is 3.27. The van der Waals surface area contributed by atoms with Crippen LogP contribution in [0.5, 0.6) is 11.5 Å². The second kappa shape index (κ2) is 4.54. The van der Waals surface area contributed by atoms with Crippen LogP contribution >= 0.6 is 0 Å². The summed E-state index contributed by atoms with van der Waals surface area (Å²) in [5.41, 5.74) is 4.64. The number of benzene rings is 2. The number of phenolic OH excluding ortho intramolecular Hbond substituents is 1. The summed E-state index contributed by atoms with van der Waals surface area (Å²) in [6.07, 6.45) is 0.303. The van der Waals surface area contributed by atoms with Gasteiger partial charge in [-0.15, -0.1) is 0 Å². The summed E-state index contributed by atoms with van der Waals surface area (Å²) in [6.45, 7) is 2.57. The molecule has 2 aromatic carbocycles. The molecule has 1 aromatic heterocycles.